The molecule has 2 heterocycles. The Morgan fingerprint density at radius 1 is 1.12 bits per heavy atom. The van der Waals surface area contributed by atoms with Crippen molar-refractivity contribution < 1.29 is 0 Å². The lowest BCUT2D eigenvalue weighted by atomic mass is 10.1. The maximum Gasteiger partial charge on any atom is 0.332 e. The average Bonchev–Trinajstić information content (AvgIpc) is 3.03. The van der Waals surface area contributed by atoms with Crippen LogP contribution in [0.1, 0.15) is 5.56 Å². The second-order valence-electron chi connectivity index (χ2n) is 5.81. The Hall–Kier alpha value is -3.16. The number of rotatable bonds is 2. The van der Waals surface area contributed by atoms with Gasteiger partial charge in [0.05, 0.1) is 0 Å². The molecule has 24 heavy (non-hydrogen) atoms. The molecule has 0 aliphatic rings. The number of aryl methyl sites for hydroxylation is 1. The number of aromatic nitrogens is 4. The van der Waals surface area contributed by atoms with Crippen LogP contribution in [0.25, 0.3) is 22.6 Å². The van der Waals surface area contributed by atoms with Crippen LogP contribution >= 0.6 is 0 Å². The van der Waals surface area contributed by atoms with Gasteiger partial charge in [-0.2, -0.15) is 0 Å². The number of hydrogen-bond donors (Lipinski definition) is 2. The lowest BCUT2D eigenvalue weighted by Gasteiger charge is -2.13. The van der Waals surface area contributed by atoms with E-state index >= 15 is 0 Å². The summed E-state index contributed by atoms with van der Waals surface area (Å²) in [4.78, 5) is 33.3. The summed E-state index contributed by atoms with van der Waals surface area (Å²) in [6, 6.07) is 7.30. The van der Waals surface area contributed by atoms with Gasteiger partial charge in [-0.3, -0.25) is 19.3 Å². The van der Waals surface area contributed by atoms with E-state index in [0.717, 1.165) is 15.7 Å². The number of amidine groups is 1. The van der Waals surface area contributed by atoms with Crippen LogP contribution in [0.5, 0.6) is 0 Å². The van der Waals surface area contributed by atoms with Crippen molar-refractivity contribution >= 4 is 17.0 Å². The predicted octanol–water partition coefficient (Wildman–Crippen LogP) is 0.514. The highest BCUT2D eigenvalue weighted by molar-refractivity contribution is 5.96. The van der Waals surface area contributed by atoms with Gasteiger partial charge in [-0.05, 0) is 0 Å². The Bertz CT molecular complexity index is 1050. The van der Waals surface area contributed by atoms with Gasteiger partial charge < -0.3 is 9.88 Å². The monoisotopic (exact) mass is 326 g/mol. The molecule has 0 aliphatic heterocycles. The molecule has 0 aliphatic carbocycles. The molecule has 0 saturated heterocycles. The molecule has 1 aromatic carbocycles. The molecule has 0 bridgehead atoms. The average molecular weight is 326 g/mol. The van der Waals surface area contributed by atoms with Crippen molar-refractivity contribution in [3.05, 3.63) is 50.7 Å². The quantitative estimate of drug-likeness (QED) is 0.529. The Morgan fingerprint density at radius 2 is 1.75 bits per heavy atom. The summed E-state index contributed by atoms with van der Waals surface area (Å²) in [6.07, 6.45) is 0. The number of nitrogens with one attached hydrogen (secondary N) is 2. The second kappa shape index (κ2) is 5.48. The summed E-state index contributed by atoms with van der Waals surface area (Å²) < 4.78 is 2.39. The van der Waals surface area contributed by atoms with Crippen molar-refractivity contribution in [2.24, 2.45) is 14.1 Å². The highest BCUT2D eigenvalue weighted by Gasteiger charge is 2.14. The number of benzene rings is 1. The van der Waals surface area contributed by atoms with Gasteiger partial charge in [0, 0.05) is 39.3 Å². The Kier molecular flexibility index (Phi) is 3.59. The fourth-order valence-corrected chi connectivity index (χ4v) is 2.51. The van der Waals surface area contributed by atoms with Crippen LogP contribution in [0, 0.1) is 5.41 Å². The molecule has 0 amide bonds. The van der Waals surface area contributed by atoms with Crippen LogP contribution in [-0.2, 0) is 14.1 Å². The molecule has 0 radical (unpaired) electrons. The highest BCUT2D eigenvalue weighted by Crippen LogP contribution is 2.19. The maximum absolute atomic E-state index is 12.2. The first-order valence-electron chi connectivity index (χ1n) is 7.33. The fraction of sp³-hybridized carbons (Fsp3) is 0.250. The molecule has 8 nitrogen and oxygen atoms in total. The van der Waals surface area contributed by atoms with E-state index in [9.17, 15) is 9.59 Å². The van der Waals surface area contributed by atoms with Crippen molar-refractivity contribution in [3.63, 3.8) is 0 Å². The molecular weight excluding hydrogens is 308 g/mol. The topological polar surface area (TPSA) is 99.8 Å². The zero-order chi connectivity index (χ0) is 17.6. The third-order valence-corrected chi connectivity index (χ3v) is 3.97. The first-order chi connectivity index (χ1) is 11.3. The Labute approximate surface area is 137 Å². The van der Waals surface area contributed by atoms with Crippen LogP contribution < -0.4 is 11.2 Å². The minimum absolute atomic E-state index is 0.291. The van der Waals surface area contributed by atoms with E-state index < -0.39 is 11.2 Å². The van der Waals surface area contributed by atoms with E-state index in [1.807, 2.05) is 38.4 Å². The molecule has 0 spiro atoms. The van der Waals surface area contributed by atoms with E-state index in [4.69, 9.17) is 5.41 Å². The summed E-state index contributed by atoms with van der Waals surface area (Å²) in [7, 11) is 6.64. The van der Waals surface area contributed by atoms with Crippen LogP contribution in [0.2, 0.25) is 0 Å². The lowest BCUT2D eigenvalue weighted by Crippen LogP contribution is -2.36. The molecule has 0 unspecified atom stereocenters. The van der Waals surface area contributed by atoms with Crippen molar-refractivity contribution in [2.75, 3.05) is 14.1 Å². The second-order valence-corrected chi connectivity index (χ2v) is 5.81. The van der Waals surface area contributed by atoms with Crippen LogP contribution in [0.4, 0.5) is 0 Å². The lowest BCUT2D eigenvalue weighted by molar-refractivity contribution is 0.619. The standard InChI is InChI=1S/C16H18N6O2/c1-20(2)12(17)9-5-7-10(8-6-9)13-18-11-14(19-13)21(3)16(24)22(4)15(11)23/h5-8,17H,1-4H3,(H,18,19). The number of H-pyrrole nitrogens is 1. The number of imidazole rings is 1. The molecule has 8 heteroatoms. The molecule has 3 rings (SSSR count). The van der Waals surface area contributed by atoms with Gasteiger partial charge in [0.25, 0.3) is 5.56 Å². The minimum atomic E-state index is -0.416. The smallest absolute Gasteiger partial charge is 0.332 e. The largest absolute Gasteiger partial charge is 0.363 e. The van der Waals surface area contributed by atoms with E-state index in [-0.39, 0.29) is 0 Å². The molecule has 0 atom stereocenters. The first-order valence-corrected chi connectivity index (χ1v) is 7.33. The SMILES string of the molecule is CN(C)C(=N)c1ccc(-c2nc3c([nH]2)c(=O)n(C)c(=O)n3C)cc1. The van der Waals surface area contributed by atoms with Gasteiger partial charge >= 0.3 is 5.69 Å². The van der Waals surface area contributed by atoms with Gasteiger partial charge in [-0.15, -0.1) is 0 Å². The molecular formula is C16H18N6O2. The zero-order valence-electron chi connectivity index (χ0n) is 13.9. The predicted molar refractivity (Wildman–Crippen MR) is 92.5 cm³/mol. The van der Waals surface area contributed by atoms with Gasteiger partial charge in [0.15, 0.2) is 5.65 Å². The van der Waals surface area contributed by atoms with Gasteiger partial charge in [-0.25, -0.2) is 9.78 Å². The molecule has 2 N–H and O–H groups in total. The molecule has 0 saturated carbocycles. The first kappa shape index (κ1) is 15.7. The van der Waals surface area contributed by atoms with Gasteiger partial charge in [-0.1, -0.05) is 24.3 Å². The third-order valence-electron chi connectivity index (χ3n) is 3.97. The molecule has 124 valence electrons. The Balaban J connectivity index is 2.13. The van der Waals surface area contributed by atoms with Crippen LogP contribution in [0.15, 0.2) is 33.9 Å². The van der Waals surface area contributed by atoms with Crippen molar-refractivity contribution in [1.29, 1.82) is 5.41 Å². The van der Waals surface area contributed by atoms with E-state index in [0.29, 0.717) is 22.8 Å². The number of hydrogen-bond acceptors (Lipinski definition) is 4. The van der Waals surface area contributed by atoms with Crippen LogP contribution in [0.3, 0.4) is 0 Å². The summed E-state index contributed by atoms with van der Waals surface area (Å²) in [5.41, 5.74) is 1.35. The van der Waals surface area contributed by atoms with E-state index in [2.05, 4.69) is 9.97 Å². The van der Waals surface area contributed by atoms with Crippen molar-refractivity contribution in [3.8, 4) is 11.4 Å². The van der Waals surface area contributed by atoms with Crippen molar-refractivity contribution in [2.45, 2.75) is 0 Å². The minimum Gasteiger partial charge on any atom is -0.363 e. The van der Waals surface area contributed by atoms with Gasteiger partial charge in [0.2, 0.25) is 0 Å². The number of fused-ring (bicyclic) bond motifs is 1. The third kappa shape index (κ3) is 2.32. The molecule has 2 aromatic heterocycles. The molecule has 0 fully saturated rings. The van der Waals surface area contributed by atoms with Crippen LogP contribution in [-0.4, -0.2) is 43.9 Å². The summed E-state index contributed by atoms with van der Waals surface area (Å²) in [5, 5.41) is 7.97. The van der Waals surface area contributed by atoms with E-state index in [1.54, 1.807) is 11.9 Å². The summed E-state index contributed by atoms with van der Waals surface area (Å²) in [5.74, 6) is 0.911. The summed E-state index contributed by atoms with van der Waals surface area (Å²) >= 11 is 0. The maximum atomic E-state index is 12.2. The fourth-order valence-electron chi connectivity index (χ4n) is 2.51. The number of nitrogens with zero attached hydrogens (tertiary/aromatic N) is 4. The Morgan fingerprint density at radius 3 is 2.33 bits per heavy atom. The highest BCUT2D eigenvalue weighted by atomic mass is 16.2. The van der Waals surface area contributed by atoms with Crippen molar-refractivity contribution in [1.82, 2.24) is 24.0 Å². The molecule has 3 aromatic rings. The zero-order valence-corrected chi connectivity index (χ0v) is 13.9. The van der Waals surface area contributed by atoms with Gasteiger partial charge in [0.1, 0.15) is 17.2 Å². The summed E-state index contributed by atoms with van der Waals surface area (Å²) in [6.45, 7) is 0. The normalized spacial score (nSPS) is 11.0. The number of aromatic amines is 1. The van der Waals surface area contributed by atoms with E-state index in [1.165, 1.54) is 11.6 Å².